The number of rotatable bonds is 9. The second-order valence-electron chi connectivity index (χ2n) is 4.27. The Bertz CT molecular complexity index is 117. The van der Waals surface area contributed by atoms with Gasteiger partial charge in [-0.2, -0.15) is 0 Å². The van der Waals surface area contributed by atoms with Gasteiger partial charge in [-0.25, -0.2) is 0 Å². The molecular formula is C12H27NO. The summed E-state index contributed by atoms with van der Waals surface area (Å²) >= 11 is 0. The van der Waals surface area contributed by atoms with Crippen molar-refractivity contribution in [2.24, 2.45) is 11.7 Å². The number of ether oxygens (including phenoxy) is 1. The second-order valence-corrected chi connectivity index (χ2v) is 4.27. The third-order valence-corrected chi connectivity index (χ3v) is 2.90. The van der Waals surface area contributed by atoms with Crippen LogP contribution < -0.4 is 5.73 Å². The van der Waals surface area contributed by atoms with Crippen LogP contribution >= 0.6 is 0 Å². The number of unbranched alkanes of at least 4 members (excludes halogenated alkanes) is 3. The van der Waals surface area contributed by atoms with E-state index in [1.54, 1.807) is 7.11 Å². The lowest BCUT2D eigenvalue weighted by molar-refractivity contribution is 0.173. The van der Waals surface area contributed by atoms with E-state index in [0.29, 0.717) is 12.0 Å². The van der Waals surface area contributed by atoms with Gasteiger partial charge in [0, 0.05) is 19.8 Å². The van der Waals surface area contributed by atoms with Crippen molar-refractivity contribution in [2.45, 2.75) is 58.4 Å². The molecule has 2 heteroatoms. The number of nitrogens with two attached hydrogens (primary N) is 1. The van der Waals surface area contributed by atoms with Crippen LogP contribution in [0.4, 0.5) is 0 Å². The predicted octanol–water partition coefficient (Wildman–Crippen LogP) is 2.96. The maximum atomic E-state index is 6.08. The van der Waals surface area contributed by atoms with Crippen molar-refractivity contribution < 1.29 is 4.74 Å². The van der Waals surface area contributed by atoms with E-state index in [1.807, 2.05) is 0 Å². The van der Waals surface area contributed by atoms with Gasteiger partial charge in [0.1, 0.15) is 0 Å². The molecule has 0 saturated heterocycles. The highest BCUT2D eigenvalue weighted by Crippen LogP contribution is 2.13. The molecule has 2 atom stereocenters. The number of hydrogen-bond donors (Lipinski definition) is 1. The number of hydrogen-bond acceptors (Lipinski definition) is 2. The molecule has 0 aromatic rings. The Hall–Kier alpha value is -0.0800. The minimum absolute atomic E-state index is 0.363. The van der Waals surface area contributed by atoms with Crippen molar-refractivity contribution >= 4 is 0 Å². The first kappa shape index (κ1) is 13.9. The van der Waals surface area contributed by atoms with Crippen molar-refractivity contribution in [2.75, 3.05) is 13.7 Å². The standard InChI is InChI=1S/C12H27NO/c1-4-5-6-7-8-12(13)11(2)9-10-14-3/h11-12H,4-10,13H2,1-3H3. The molecular weight excluding hydrogens is 174 g/mol. The van der Waals surface area contributed by atoms with Crippen molar-refractivity contribution in [3.63, 3.8) is 0 Å². The van der Waals surface area contributed by atoms with Crippen LogP contribution in [0.25, 0.3) is 0 Å². The molecule has 0 bridgehead atoms. The van der Waals surface area contributed by atoms with Gasteiger partial charge in [-0.1, -0.05) is 39.5 Å². The van der Waals surface area contributed by atoms with Crippen LogP contribution in [-0.4, -0.2) is 19.8 Å². The topological polar surface area (TPSA) is 35.2 Å². The molecule has 0 saturated carbocycles. The van der Waals surface area contributed by atoms with Crippen LogP contribution in [-0.2, 0) is 4.74 Å². The third-order valence-electron chi connectivity index (χ3n) is 2.90. The van der Waals surface area contributed by atoms with Gasteiger partial charge in [0.15, 0.2) is 0 Å². The molecule has 0 aliphatic heterocycles. The first-order chi connectivity index (χ1) is 6.72. The molecule has 0 rings (SSSR count). The lowest BCUT2D eigenvalue weighted by atomic mass is 9.94. The molecule has 0 fully saturated rings. The molecule has 0 aromatic heterocycles. The Kier molecular flexibility index (Phi) is 9.42. The molecule has 2 nitrogen and oxygen atoms in total. The molecule has 2 unspecified atom stereocenters. The van der Waals surface area contributed by atoms with E-state index >= 15 is 0 Å². The van der Waals surface area contributed by atoms with E-state index in [-0.39, 0.29) is 0 Å². The summed E-state index contributed by atoms with van der Waals surface area (Å²) in [6.45, 7) is 5.30. The molecule has 0 aromatic carbocycles. The molecule has 0 radical (unpaired) electrons. The Morgan fingerprint density at radius 3 is 2.43 bits per heavy atom. The van der Waals surface area contributed by atoms with Crippen molar-refractivity contribution in [3.8, 4) is 0 Å². The molecule has 2 N–H and O–H groups in total. The summed E-state index contributed by atoms with van der Waals surface area (Å²) in [6, 6.07) is 0.363. The molecule has 0 heterocycles. The monoisotopic (exact) mass is 201 g/mol. The summed E-state index contributed by atoms with van der Waals surface area (Å²) in [5.74, 6) is 0.594. The Balaban J connectivity index is 3.36. The van der Waals surface area contributed by atoms with E-state index in [4.69, 9.17) is 10.5 Å². The Morgan fingerprint density at radius 2 is 1.86 bits per heavy atom. The van der Waals surface area contributed by atoms with Crippen LogP contribution in [0.1, 0.15) is 52.4 Å². The maximum absolute atomic E-state index is 6.08. The zero-order valence-electron chi connectivity index (χ0n) is 10.1. The van der Waals surface area contributed by atoms with Crippen LogP contribution in [0, 0.1) is 5.92 Å². The van der Waals surface area contributed by atoms with Crippen molar-refractivity contribution in [1.29, 1.82) is 0 Å². The highest BCUT2D eigenvalue weighted by atomic mass is 16.5. The summed E-state index contributed by atoms with van der Waals surface area (Å²) in [7, 11) is 1.75. The smallest absolute Gasteiger partial charge is 0.0465 e. The molecule has 0 aliphatic rings. The summed E-state index contributed by atoms with van der Waals surface area (Å²) in [5.41, 5.74) is 6.08. The molecule has 86 valence electrons. The summed E-state index contributed by atoms with van der Waals surface area (Å²) in [6.07, 6.45) is 7.53. The van der Waals surface area contributed by atoms with Gasteiger partial charge < -0.3 is 10.5 Å². The van der Waals surface area contributed by atoms with E-state index in [0.717, 1.165) is 13.0 Å². The van der Waals surface area contributed by atoms with Crippen LogP contribution in [0.3, 0.4) is 0 Å². The van der Waals surface area contributed by atoms with E-state index < -0.39 is 0 Å². The van der Waals surface area contributed by atoms with Crippen molar-refractivity contribution in [1.82, 2.24) is 0 Å². The van der Waals surface area contributed by atoms with Gasteiger partial charge in [-0.05, 0) is 18.8 Å². The first-order valence-electron chi connectivity index (χ1n) is 5.96. The predicted molar refractivity (Wildman–Crippen MR) is 62.4 cm³/mol. The van der Waals surface area contributed by atoms with Gasteiger partial charge >= 0.3 is 0 Å². The first-order valence-corrected chi connectivity index (χ1v) is 5.96. The average Bonchev–Trinajstić information content (AvgIpc) is 2.20. The SMILES string of the molecule is CCCCCCC(N)C(C)CCOC. The Labute approximate surface area is 89.2 Å². The summed E-state index contributed by atoms with van der Waals surface area (Å²) in [4.78, 5) is 0. The largest absolute Gasteiger partial charge is 0.385 e. The maximum Gasteiger partial charge on any atom is 0.0465 e. The van der Waals surface area contributed by atoms with Crippen LogP contribution in [0.5, 0.6) is 0 Å². The summed E-state index contributed by atoms with van der Waals surface area (Å²) in [5, 5.41) is 0. The van der Waals surface area contributed by atoms with Gasteiger partial charge in [0.25, 0.3) is 0 Å². The number of methoxy groups -OCH3 is 1. The normalized spacial score (nSPS) is 15.4. The lowest BCUT2D eigenvalue weighted by Gasteiger charge is -2.19. The fourth-order valence-electron chi connectivity index (χ4n) is 1.61. The van der Waals surface area contributed by atoms with Gasteiger partial charge in [-0.3, -0.25) is 0 Å². The molecule has 14 heavy (non-hydrogen) atoms. The minimum atomic E-state index is 0.363. The van der Waals surface area contributed by atoms with Crippen LogP contribution in [0.15, 0.2) is 0 Å². The zero-order chi connectivity index (χ0) is 10.8. The Morgan fingerprint density at radius 1 is 1.14 bits per heavy atom. The highest BCUT2D eigenvalue weighted by Gasteiger charge is 2.11. The fourth-order valence-corrected chi connectivity index (χ4v) is 1.61. The minimum Gasteiger partial charge on any atom is -0.385 e. The fraction of sp³-hybridized carbons (Fsp3) is 1.00. The van der Waals surface area contributed by atoms with Crippen molar-refractivity contribution in [3.05, 3.63) is 0 Å². The molecule has 0 aliphatic carbocycles. The van der Waals surface area contributed by atoms with Crippen LogP contribution in [0.2, 0.25) is 0 Å². The molecule has 0 spiro atoms. The highest BCUT2D eigenvalue weighted by molar-refractivity contribution is 4.68. The van der Waals surface area contributed by atoms with Gasteiger partial charge in [0.2, 0.25) is 0 Å². The summed E-state index contributed by atoms with van der Waals surface area (Å²) < 4.78 is 5.05. The van der Waals surface area contributed by atoms with E-state index in [9.17, 15) is 0 Å². The van der Waals surface area contributed by atoms with E-state index in [1.165, 1.54) is 32.1 Å². The van der Waals surface area contributed by atoms with Gasteiger partial charge in [-0.15, -0.1) is 0 Å². The van der Waals surface area contributed by atoms with Gasteiger partial charge in [0.05, 0.1) is 0 Å². The second kappa shape index (κ2) is 9.47. The quantitative estimate of drug-likeness (QED) is 0.582. The van der Waals surface area contributed by atoms with E-state index in [2.05, 4.69) is 13.8 Å². The third kappa shape index (κ3) is 7.34. The molecule has 0 amide bonds. The average molecular weight is 201 g/mol. The zero-order valence-corrected chi connectivity index (χ0v) is 10.1. The lowest BCUT2D eigenvalue weighted by Crippen LogP contribution is -2.28.